The number of aliphatic hydroxyl groups excluding tert-OH is 1. The van der Waals surface area contributed by atoms with Crippen molar-refractivity contribution in [2.45, 2.75) is 31.9 Å². The second-order valence-electron chi connectivity index (χ2n) is 9.64. The van der Waals surface area contributed by atoms with Crippen LogP contribution in [0.4, 0.5) is 16.2 Å². The van der Waals surface area contributed by atoms with Crippen LogP contribution in [-0.2, 0) is 10.0 Å². The van der Waals surface area contributed by atoms with Gasteiger partial charge in [-0.2, -0.15) is 0 Å². The second kappa shape index (κ2) is 11.4. The predicted octanol–water partition coefficient (Wildman–Crippen LogP) is 2.51. The van der Waals surface area contributed by atoms with Crippen molar-refractivity contribution in [1.82, 2.24) is 10.2 Å². The molecule has 0 saturated carbocycles. The van der Waals surface area contributed by atoms with Gasteiger partial charge < -0.3 is 29.9 Å². The molecule has 2 amide bonds. The number of β-amino-alcohol motifs (C(OH)–C–C–N with tert-alkyl or cyclic N) is 1. The van der Waals surface area contributed by atoms with Crippen molar-refractivity contribution in [3.63, 3.8) is 0 Å². The summed E-state index contributed by atoms with van der Waals surface area (Å²) in [6, 6.07) is 9.58. The van der Waals surface area contributed by atoms with Crippen LogP contribution in [0.2, 0.25) is 0 Å². The van der Waals surface area contributed by atoms with Crippen LogP contribution in [0.5, 0.6) is 17.2 Å². The number of nitrogens with one attached hydrogen (secondary N) is 2. The molecule has 0 radical (unpaired) electrons. The summed E-state index contributed by atoms with van der Waals surface area (Å²) in [5, 5.41) is 23.9. The molecule has 0 bridgehead atoms. The second-order valence-corrected chi connectivity index (χ2v) is 11.4. The lowest BCUT2D eigenvalue weighted by Crippen LogP contribution is -2.44. The van der Waals surface area contributed by atoms with Crippen molar-refractivity contribution in [3.8, 4) is 17.2 Å². The smallest absolute Gasteiger partial charge is 0.324 e. The first-order chi connectivity index (χ1) is 17.3. The highest BCUT2D eigenvalue weighted by molar-refractivity contribution is 7.92. The van der Waals surface area contributed by atoms with Crippen molar-refractivity contribution in [2.24, 2.45) is 0 Å². The Hall–Kier alpha value is -3.22. The fourth-order valence-electron chi connectivity index (χ4n) is 4.06. The number of methoxy groups -OCH3 is 2. The number of carbonyl (C=O) groups excluding carboxylic acids is 1. The summed E-state index contributed by atoms with van der Waals surface area (Å²) in [6.45, 7) is 5.85. The lowest BCUT2D eigenvalue weighted by molar-refractivity contribution is 0.156. The number of sulfonamides is 1. The Morgan fingerprint density at radius 3 is 2.43 bits per heavy atom. The predicted molar refractivity (Wildman–Crippen MR) is 142 cm³/mol. The van der Waals surface area contributed by atoms with Crippen LogP contribution in [0.25, 0.3) is 0 Å². The maximum atomic E-state index is 13.0. The number of rotatable bonds is 12. The summed E-state index contributed by atoms with van der Waals surface area (Å²) in [5.74, 6) is 0.926. The number of hydrogen-bond donors (Lipinski definition) is 4. The summed E-state index contributed by atoms with van der Waals surface area (Å²) in [7, 11) is -0.464. The molecule has 1 saturated heterocycles. The van der Waals surface area contributed by atoms with Crippen LogP contribution in [0, 0.1) is 0 Å². The van der Waals surface area contributed by atoms with Gasteiger partial charge in [-0.1, -0.05) is 6.07 Å². The lowest BCUT2D eigenvalue weighted by atomic mass is 9.99. The molecule has 1 atom stereocenters. The molecule has 1 aliphatic rings. The number of aromatic hydroxyl groups is 1. The fraction of sp³-hybridized carbons (Fsp3) is 0.480. The number of amides is 2. The van der Waals surface area contributed by atoms with Gasteiger partial charge in [-0.05, 0) is 50.1 Å². The normalized spacial score (nSPS) is 15.1. The molecule has 4 N–H and O–H groups in total. The maximum Gasteiger partial charge on any atom is 0.324 e. The summed E-state index contributed by atoms with van der Waals surface area (Å²) in [6.07, 6.45) is 0.688. The van der Waals surface area contributed by atoms with Crippen LogP contribution in [-0.4, -0.2) is 81.8 Å². The molecular weight excluding hydrogens is 500 g/mol. The maximum absolute atomic E-state index is 13.0. The highest BCUT2D eigenvalue weighted by atomic mass is 32.2. The van der Waals surface area contributed by atoms with Gasteiger partial charge in [0.15, 0.2) is 11.5 Å². The standard InChI is InChI=1S/C25H36N4O7S/c1-25(2,26-16-21(31)17-6-8-20(30)19(14-17)27-37(5,33)34)10-11-28-12-13-29(24(28)32)18-7-9-22(35-3)23(15-18)36-4/h6-9,14-15,21,26-27,30-31H,10-13,16H2,1-5H3. The highest BCUT2D eigenvalue weighted by Crippen LogP contribution is 2.33. The SMILES string of the molecule is COc1ccc(N2CCN(CCC(C)(C)NCC(O)c3ccc(O)c(NS(C)(=O)=O)c3)C2=O)cc1OC. The Morgan fingerprint density at radius 2 is 1.78 bits per heavy atom. The first kappa shape index (κ1) is 28.4. The van der Waals surface area contributed by atoms with E-state index in [-0.39, 0.29) is 24.0 Å². The van der Waals surface area contributed by atoms with Crippen LogP contribution in [0.1, 0.15) is 31.9 Å². The molecule has 0 aliphatic carbocycles. The molecule has 0 aromatic heterocycles. The number of anilines is 2. The molecule has 3 rings (SSSR count). The molecule has 1 heterocycles. The van der Waals surface area contributed by atoms with Gasteiger partial charge >= 0.3 is 6.03 Å². The van der Waals surface area contributed by atoms with E-state index < -0.39 is 21.7 Å². The fourth-order valence-corrected chi connectivity index (χ4v) is 4.62. The molecule has 12 heteroatoms. The molecule has 0 spiro atoms. The Kier molecular flexibility index (Phi) is 8.77. The van der Waals surface area contributed by atoms with E-state index in [0.29, 0.717) is 43.1 Å². The van der Waals surface area contributed by atoms with Gasteiger partial charge in [-0.15, -0.1) is 0 Å². The van der Waals surface area contributed by atoms with Crippen molar-refractivity contribution in [1.29, 1.82) is 0 Å². The third-order valence-corrected chi connectivity index (χ3v) is 6.85. The Bertz CT molecular complexity index is 1220. The van der Waals surface area contributed by atoms with Crippen molar-refractivity contribution in [3.05, 3.63) is 42.0 Å². The third-order valence-electron chi connectivity index (χ3n) is 6.26. The molecule has 1 aliphatic heterocycles. The Labute approximate surface area is 218 Å². The van der Waals surface area contributed by atoms with Crippen LogP contribution in [0.3, 0.4) is 0 Å². The molecule has 2 aromatic carbocycles. The van der Waals surface area contributed by atoms with Gasteiger partial charge in [0.25, 0.3) is 0 Å². The highest BCUT2D eigenvalue weighted by Gasteiger charge is 2.31. The molecule has 204 valence electrons. The molecular formula is C25H36N4O7S. The van der Waals surface area contributed by atoms with E-state index >= 15 is 0 Å². The number of ether oxygens (including phenoxy) is 2. The van der Waals surface area contributed by atoms with Crippen molar-refractivity contribution < 1.29 is 32.9 Å². The van der Waals surface area contributed by atoms with Crippen LogP contribution < -0.4 is 24.4 Å². The molecule has 1 unspecified atom stereocenters. The van der Waals surface area contributed by atoms with E-state index in [1.807, 2.05) is 19.9 Å². The van der Waals surface area contributed by atoms with Crippen molar-refractivity contribution in [2.75, 3.05) is 56.3 Å². The number of nitrogens with zero attached hydrogens (tertiary/aromatic N) is 2. The summed E-state index contributed by atoms with van der Waals surface area (Å²) in [5.41, 5.74) is 0.796. The zero-order valence-corrected chi connectivity index (χ0v) is 22.6. The number of hydrogen-bond acceptors (Lipinski definition) is 8. The van der Waals surface area contributed by atoms with Gasteiger partial charge in [0, 0.05) is 43.5 Å². The molecule has 2 aromatic rings. The Balaban J connectivity index is 1.55. The number of carbonyl (C=O) groups is 1. The van der Waals surface area contributed by atoms with Gasteiger partial charge in [-0.3, -0.25) is 9.62 Å². The minimum atomic E-state index is -3.58. The first-order valence-electron chi connectivity index (χ1n) is 11.9. The third kappa shape index (κ3) is 7.40. The lowest BCUT2D eigenvalue weighted by Gasteiger charge is -2.30. The zero-order valence-electron chi connectivity index (χ0n) is 21.8. The van der Waals surface area contributed by atoms with Gasteiger partial charge in [0.2, 0.25) is 10.0 Å². The number of urea groups is 1. The minimum absolute atomic E-state index is 0.00453. The van der Waals surface area contributed by atoms with E-state index in [0.717, 1.165) is 11.9 Å². The van der Waals surface area contributed by atoms with E-state index in [1.165, 1.54) is 18.2 Å². The van der Waals surface area contributed by atoms with Gasteiger partial charge in [0.1, 0.15) is 5.75 Å². The molecule has 1 fully saturated rings. The van der Waals surface area contributed by atoms with E-state index in [9.17, 15) is 23.4 Å². The minimum Gasteiger partial charge on any atom is -0.506 e. The van der Waals surface area contributed by atoms with Gasteiger partial charge in [-0.25, -0.2) is 13.2 Å². The number of aliphatic hydroxyl groups is 1. The zero-order chi connectivity index (χ0) is 27.4. The van der Waals surface area contributed by atoms with Crippen molar-refractivity contribution >= 4 is 27.4 Å². The monoisotopic (exact) mass is 536 g/mol. The largest absolute Gasteiger partial charge is 0.506 e. The van der Waals surface area contributed by atoms with Crippen LogP contribution >= 0.6 is 0 Å². The molecule has 11 nitrogen and oxygen atoms in total. The topological polar surface area (TPSA) is 141 Å². The number of benzene rings is 2. The average Bonchev–Trinajstić information content (AvgIpc) is 3.21. The van der Waals surface area contributed by atoms with E-state index in [4.69, 9.17) is 9.47 Å². The van der Waals surface area contributed by atoms with Crippen LogP contribution in [0.15, 0.2) is 36.4 Å². The number of phenols is 1. The summed E-state index contributed by atoms with van der Waals surface area (Å²) >= 11 is 0. The summed E-state index contributed by atoms with van der Waals surface area (Å²) < 4.78 is 35.9. The first-order valence-corrected chi connectivity index (χ1v) is 13.7. The van der Waals surface area contributed by atoms with E-state index in [1.54, 1.807) is 36.2 Å². The average molecular weight is 537 g/mol. The molecule has 37 heavy (non-hydrogen) atoms. The van der Waals surface area contributed by atoms with Gasteiger partial charge in [0.05, 0.1) is 32.3 Å². The Morgan fingerprint density at radius 1 is 1.08 bits per heavy atom. The van der Waals surface area contributed by atoms with E-state index in [2.05, 4.69) is 10.0 Å². The quantitative estimate of drug-likeness (QED) is 0.303. The number of phenolic OH excluding ortho intramolecular Hbond substituents is 1. The summed E-state index contributed by atoms with van der Waals surface area (Å²) in [4.78, 5) is 16.5.